The van der Waals surface area contributed by atoms with Gasteiger partial charge < -0.3 is 14.4 Å². The number of piperidine rings is 1. The maximum absolute atomic E-state index is 10.9. The zero-order valence-corrected chi connectivity index (χ0v) is 9.74. The van der Waals surface area contributed by atoms with Crippen LogP contribution in [0.1, 0.15) is 26.2 Å². The fourth-order valence-electron chi connectivity index (χ4n) is 3.00. The average molecular weight is 211 g/mol. The second-order valence-corrected chi connectivity index (χ2v) is 5.22. The summed E-state index contributed by atoms with van der Waals surface area (Å²) in [5, 5.41) is 0. The van der Waals surface area contributed by atoms with Crippen molar-refractivity contribution in [2.45, 2.75) is 31.8 Å². The summed E-state index contributed by atoms with van der Waals surface area (Å²) in [5.74, 6) is 0.767. The highest BCUT2D eigenvalue weighted by atomic mass is 16.5. The summed E-state index contributed by atoms with van der Waals surface area (Å²) < 4.78 is 6.01. The van der Waals surface area contributed by atoms with Crippen molar-refractivity contribution in [2.75, 3.05) is 26.7 Å². The second kappa shape index (κ2) is 4.22. The van der Waals surface area contributed by atoms with Gasteiger partial charge in [-0.25, -0.2) is 0 Å². The summed E-state index contributed by atoms with van der Waals surface area (Å²) >= 11 is 0. The van der Waals surface area contributed by atoms with Gasteiger partial charge in [0.05, 0.1) is 5.60 Å². The van der Waals surface area contributed by atoms with Crippen LogP contribution in [0.3, 0.4) is 0 Å². The molecule has 2 heterocycles. The number of hydrogen-bond acceptors (Lipinski definition) is 3. The Morgan fingerprint density at radius 2 is 2.33 bits per heavy atom. The molecule has 0 aromatic carbocycles. The molecule has 0 radical (unpaired) electrons. The van der Waals surface area contributed by atoms with E-state index in [0.717, 1.165) is 45.2 Å². The van der Waals surface area contributed by atoms with E-state index in [-0.39, 0.29) is 11.5 Å². The van der Waals surface area contributed by atoms with Gasteiger partial charge in [0.25, 0.3) is 0 Å². The molecule has 2 saturated heterocycles. The van der Waals surface area contributed by atoms with Gasteiger partial charge in [-0.15, -0.1) is 0 Å². The van der Waals surface area contributed by atoms with Gasteiger partial charge >= 0.3 is 0 Å². The molecule has 0 aliphatic carbocycles. The first-order valence-corrected chi connectivity index (χ1v) is 5.94. The van der Waals surface area contributed by atoms with E-state index in [1.165, 1.54) is 0 Å². The van der Waals surface area contributed by atoms with Crippen LogP contribution in [-0.4, -0.2) is 43.5 Å². The third kappa shape index (κ3) is 2.08. The zero-order valence-electron chi connectivity index (χ0n) is 9.74. The Kier molecular flexibility index (Phi) is 3.12. The molecule has 0 amide bonds. The van der Waals surface area contributed by atoms with Crippen LogP contribution < -0.4 is 0 Å². The van der Waals surface area contributed by atoms with E-state index >= 15 is 0 Å². The lowest BCUT2D eigenvalue weighted by atomic mass is 9.74. The normalized spacial score (nSPS) is 43.1. The first kappa shape index (κ1) is 11.1. The number of hydrogen-bond donors (Lipinski definition) is 0. The van der Waals surface area contributed by atoms with E-state index in [4.69, 9.17) is 4.74 Å². The molecule has 2 aliphatic heterocycles. The summed E-state index contributed by atoms with van der Waals surface area (Å²) in [5.41, 5.74) is -0.00363. The summed E-state index contributed by atoms with van der Waals surface area (Å²) in [6.45, 7) is 5.20. The van der Waals surface area contributed by atoms with E-state index in [9.17, 15) is 4.79 Å². The van der Waals surface area contributed by atoms with Crippen LogP contribution in [0.25, 0.3) is 0 Å². The zero-order chi connectivity index (χ0) is 10.9. The Hall–Kier alpha value is -0.410. The van der Waals surface area contributed by atoms with Crippen LogP contribution in [0.5, 0.6) is 0 Å². The van der Waals surface area contributed by atoms with Crippen LogP contribution in [0.15, 0.2) is 0 Å². The Labute approximate surface area is 91.8 Å². The predicted octanol–water partition coefficient (Wildman–Crippen LogP) is 1.32. The van der Waals surface area contributed by atoms with Crippen molar-refractivity contribution in [1.82, 2.24) is 4.90 Å². The minimum absolute atomic E-state index is 0.00363. The van der Waals surface area contributed by atoms with Crippen LogP contribution in [0.2, 0.25) is 0 Å². The minimum Gasteiger partial charge on any atom is -0.375 e. The van der Waals surface area contributed by atoms with Gasteiger partial charge in [-0.05, 0) is 32.2 Å². The molecular formula is C12H21NO2. The van der Waals surface area contributed by atoms with Crippen LogP contribution in [-0.2, 0) is 9.53 Å². The highest BCUT2D eigenvalue weighted by molar-refractivity contribution is 5.53. The van der Waals surface area contributed by atoms with Gasteiger partial charge in [0, 0.05) is 25.6 Å². The SMILES string of the molecule is CC1CN(C)CCC12CC(C=O)CCO2. The van der Waals surface area contributed by atoms with E-state index in [1.54, 1.807) is 0 Å². The lowest BCUT2D eigenvalue weighted by Gasteiger charge is -2.49. The molecule has 3 nitrogen and oxygen atoms in total. The van der Waals surface area contributed by atoms with Crippen LogP contribution >= 0.6 is 0 Å². The van der Waals surface area contributed by atoms with Crippen molar-refractivity contribution >= 4 is 6.29 Å². The van der Waals surface area contributed by atoms with Crippen molar-refractivity contribution < 1.29 is 9.53 Å². The molecule has 0 saturated carbocycles. The number of carbonyl (C=O) groups is 1. The first-order valence-electron chi connectivity index (χ1n) is 5.94. The van der Waals surface area contributed by atoms with Gasteiger partial charge in [0.2, 0.25) is 0 Å². The average Bonchev–Trinajstić information content (AvgIpc) is 2.25. The van der Waals surface area contributed by atoms with Crippen molar-refractivity contribution in [3.63, 3.8) is 0 Å². The molecule has 0 bridgehead atoms. The number of ether oxygens (including phenoxy) is 1. The molecule has 3 unspecified atom stereocenters. The fraction of sp³-hybridized carbons (Fsp3) is 0.917. The van der Waals surface area contributed by atoms with Gasteiger partial charge in [0.15, 0.2) is 0 Å². The molecule has 0 N–H and O–H groups in total. The maximum Gasteiger partial charge on any atom is 0.123 e. The standard InChI is InChI=1S/C12H21NO2/c1-10-8-13(2)5-4-12(10)7-11(9-14)3-6-15-12/h9-11H,3-8H2,1-2H3. The molecule has 0 aromatic rings. The monoisotopic (exact) mass is 211 g/mol. The highest BCUT2D eigenvalue weighted by Crippen LogP contribution is 2.40. The van der Waals surface area contributed by atoms with Gasteiger partial charge in [-0.1, -0.05) is 6.92 Å². The molecule has 86 valence electrons. The van der Waals surface area contributed by atoms with Gasteiger partial charge in [-0.2, -0.15) is 0 Å². The number of likely N-dealkylation sites (tertiary alicyclic amines) is 1. The number of rotatable bonds is 1. The molecule has 3 atom stereocenters. The maximum atomic E-state index is 10.9. The molecule has 2 rings (SSSR count). The Bertz CT molecular complexity index is 244. The number of nitrogens with zero attached hydrogens (tertiary/aromatic N) is 1. The largest absolute Gasteiger partial charge is 0.375 e. The topological polar surface area (TPSA) is 29.5 Å². The second-order valence-electron chi connectivity index (χ2n) is 5.22. The van der Waals surface area contributed by atoms with Crippen LogP contribution in [0.4, 0.5) is 0 Å². The summed E-state index contributed by atoms with van der Waals surface area (Å²) in [6, 6.07) is 0. The molecule has 15 heavy (non-hydrogen) atoms. The Balaban J connectivity index is 2.07. The third-order valence-electron chi connectivity index (χ3n) is 4.08. The molecule has 1 spiro atoms. The van der Waals surface area contributed by atoms with E-state index in [1.807, 2.05) is 0 Å². The summed E-state index contributed by atoms with van der Waals surface area (Å²) in [6.07, 6.45) is 4.05. The van der Waals surface area contributed by atoms with Crippen molar-refractivity contribution in [3.8, 4) is 0 Å². The van der Waals surface area contributed by atoms with Crippen LogP contribution in [0, 0.1) is 11.8 Å². The quantitative estimate of drug-likeness (QED) is 0.613. The molecule has 3 heteroatoms. The molecule has 0 aromatic heterocycles. The minimum atomic E-state index is -0.00363. The van der Waals surface area contributed by atoms with Crippen molar-refractivity contribution in [3.05, 3.63) is 0 Å². The summed E-state index contributed by atoms with van der Waals surface area (Å²) in [7, 11) is 2.16. The Morgan fingerprint density at radius 3 is 3.00 bits per heavy atom. The highest BCUT2D eigenvalue weighted by Gasteiger charge is 2.44. The van der Waals surface area contributed by atoms with E-state index < -0.39 is 0 Å². The van der Waals surface area contributed by atoms with E-state index in [0.29, 0.717) is 5.92 Å². The molecular weight excluding hydrogens is 190 g/mol. The number of aldehydes is 1. The lowest BCUT2D eigenvalue weighted by molar-refractivity contribution is -0.157. The van der Waals surface area contributed by atoms with Crippen molar-refractivity contribution in [1.29, 1.82) is 0 Å². The fourth-order valence-corrected chi connectivity index (χ4v) is 3.00. The first-order chi connectivity index (χ1) is 7.16. The van der Waals surface area contributed by atoms with E-state index in [2.05, 4.69) is 18.9 Å². The van der Waals surface area contributed by atoms with Crippen molar-refractivity contribution in [2.24, 2.45) is 11.8 Å². The molecule has 2 aliphatic rings. The van der Waals surface area contributed by atoms with Gasteiger partial charge in [-0.3, -0.25) is 0 Å². The molecule has 2 fully saturated rings. The third-order valence-corrected chi connectivity index (χ3v) is 4.08. The van der Waals surface area contributed by atoms with Gasteiger partial charge in [0.1, 0.15) is 6.29 Å². The smallest absolute Gasteiger partial charge is 0.123 e. The summed E-state index contributed by atoms with van der Waals surface area (Å²) in [4.78, 5) is 13.2. The predicted molar refractivity (Wildman–Crippen MR) is 58.7 cm³/mol. The Morgan fingerprint density at radius 1 is 1.53 bits per heavy atom. The number of carbonyl (C=O) groups excluding carboxylic acids is 1. The lowest BCUT2D eigenvalue weighted by Crippen LogP contribution is -2.54.